The van der Waals surface area contributed by atoms with Gasteiger partial charge in [0.25, 0.3) is 5.69 Å². The van der Waals surface area contributed by atoms with Crippen molar-refractivity contribution in [2.75, 3.05) is 12.4 Å². The first-order chi connectivity index (χ1) is 11.3. The van der Waals surface area contributed by atoms with E-state index in [2.05, 4.69) is 5.32 Å². The van der Waals surface area contributed by atoms with Crippen LogP contribution in [0.25, 0.3) is 0 Å². The molecular formula is C16H15F3N2O3. The monoisotopic (exact) mass is 340 g/mol. The Morgan fingerprint density at radius 3 is 2.42 bits per heavy atom. The molecule has 5 nitrogen and oxygen atoms in total. The van der Waals surface area contributed by atoms with Crippen LogP contribution in [-0.4, -0.2) is 12.0 Å². The molecule has 0 aliphatic rings. The van der Waals surface area contributed by atoms with Crippen LogP contribution < -0.4 is 5.32 Å². The number of nitro benzene ring substituents is 1. The van der Waals surface area contributed by atoms with Crippen LogP contribution in [0.5, 0.6) is 0 Å². The third-order valence-corrected chi connectivity index (χ3v) is 3.41. The van der Waals surface area contributed by atoms with Crippen molar-refractivity contribution < 1.29 is 22.8 Å². The van der Waals surface area contributed by atoms with Gasteiger partial charge in [-0.3, -0.25) is 10.1 Å². The van der Waals surface area contributed by atoms with Gasteiger partial charge in [-0.15, -0.1) is 0 Å². The van der Waals surface area contributed by atoms with E-state index in [9.17, 15) is 23.3 Å². The van der Waals surface area contributed by atoms with Crippen LogP contribution >= 0.6 is 0 Å². The summed E-state index contributed by atoms with van der Waals surface area (Å²) in [5.74, 6) is 0. The van der Waals surface area contributed by atoms with E-state index >= 15 is 0 Å². The van der Waals surface area contributed by atoms with Crippen LogP contribution in [0.1, 0.15) is 16.7 Å². The van der Waals surface area contributed by atoms with Gasteiger partial charge < -0.3 is 10.1 Å². The Bertz CT molecular complexity index is 733. The Kier molecular flexibility index (Phi) is 5.40. The van der Waals surface area contributed by atoms with E-state index < -0.39 is 22.4 Å². The normalized spacial score (nSPS) is 11.3. The first-order valence-electron chi connectivity index (χ1n) is 6.98. The maximum atomic E-state index is 13.1. The largest absolute Gasteiger partial charge is 0.418 e. The Morgan fingerprint density at radius 1 is 1.17 bits per heavy atom. The number of ether oxygens (including phenoxy) is 1. The fraction of sp³-hybridized carbons (Fsp3) is 0.250. The molecule has 0 aromatic heterocycles. The fourth-order valence-corrected chi connectivity index (χ4v) is 2.25. The van der Waals surface area contributed by atoms with Crippen molar-refractivity contribution in [1.29, 1.82) is 0 Å². The highest BCUT2D eigenvalue weighted by atomic mass is 19.4. The van der Waals surface area contributed by atoms with Crippen LogP contribution in [-0.2, 0) is 24.1 Å². The van der Waals surface area contributed by atoms with Crippen molar-refractivity contribution in [2.24, 2.45) is 0 Å². The second-order valence-electron chi connectivity index (χ2n) is 5.04. The second-order valence-corrected chi connectivity index (χ2v) is 5.04. The number of nitrogens with one attached hydrogen (secondary N) is 1. The predicted molar refractivity (Wildman–Crippen MR) is 82.6 cm³/mol. The van der Waals surface area contributed by atoms with Gasteiger partial charge in [0, 0.05) is 31.5 Å². The lowest BCUT2D eigenvalue weighted by Gasteiger charge is -2.16. The van der Waals surface area contributed by atoms with Crippen molar-refractivity contribution in [1.82, 2.24) is 0 Å². The maximum Gasteiger partial charge on any atom is 0.418 e. The molecule has 0 aliphatic carbocycles. The summed E-state index contributed by atoms with van der Waals surface area (Å²) in [6.45, 7) is 0.477. The van der Waals surface area contributed by atoms with Gasteiger partial charge in [0.1, 0.15) is 0 Å². The van der Waals surface area contributed by atoms with Gasteiger partial charge in [0.15, 0.2) is 0 Å². The van der Waals surface area contributed by atoms with Crippen LogP contribution in [0.2, 0.25) is 0 Å². The number of non-ortho nitro benzene ring substituents is 1. The zero-order chi connectivity index (χ0) is 17.7. The summed E-state index contributed by atoms with van der Waals surface area (Å²) in [5.41, 5.74) is -0.248. The molecule has 0 spiro atoms. The molecule has 0 unspecified atom stereocenters. The zero-order valence-corrected chi connectivity index (χ0v) is 12.8. The number of nitro groups is 1. The number of hydrogen-bond donors (Lipinski definition) is 1. The highest BCUT2D eigenvalue weighted by molar-refractivity contribution is 5.57. The Labute approximate surface area is 136 Å². The Hall–Kier alpha value is -2.61. The minimum Gasteiger partial charge on any atom is -0.380 e. The molecule has 0 fully saturated rings. The standard InChI is InChI=1S/C16H15F3N2O3/c1-24-10-12-5-3-2-4-11(12)9-20-15-7-6-13(21(22)23)8-14(15)16(17,18)19/h2-8,20H,9-10H2,1H3. The van der Waals surface area contributed by atoms with E-state index in [1.165, 1.54) is 7.11 Å². The molecule has 0 bridgehead atoms. The summed E-state index contributed by atoms with van der Waals surface area (Å²) in [6, 6.07) is 9.82. The first kappa shape index (κ1) is 17.7. The molecule has 2 aromatic rings. The fourth-order valence-electron chi connectivity index (χ4n) is 2.25. The van der Waals surface area contributed by atoms with E-state index in [1.54, 1.807) is 12.1 Å². The summed E-state index contributed by atoms with van der Waals surface area (Å²) in [6.07, 6.45) is -4.69. The van der Waals surface area contributed by atoms with Gasteiger partial charge in [-0.2, -0.15) is 13.2 Å². The number of nitrogens with zero attached hydrogens (tertiary/aromatic N) is 1. The second kappa shape index (κ2) is 7.31. The molecular weight excluding hydrogens is 325 g/mol. The lowest BCUT2D eigenvalue weighted by Crippen LogP contribution is -2.12. The number of alkyl halides is 3. The van der Waals surface area contributed by atoms with E-state index in [4.69, 9.17) is 4.74 Å². The molecule has 0 radical (unpaired) electrons. The summed E-state index contributed by atoms with van der Waals surface area (Å²) in [4.78, 5) is 9.84. The number of benzene rings is 2. The van der Waals surface area contributed by atoms with Gasteiger partial charge in [-0.05, 0) is 17.2 Å². The van der Waals surface area contributed by atoms with Crippen LogP contribution in [0.3, 0.4) is 0 Å². The summed E-state index contributed by atoms with van der Waals surface area (Å²) < 4.78 is 44.5. The molecule has 128 valence electrons. The number of anilines is 1. The minimum absolute atomic E-state index is 0.139. The third kappa shape index (κ3) is 4.23. The molecule has 2 rings (SSSR count). The molecule has 24 heavy (non-hydrogen) atoms. The minimum atomic E-state index is -4.69. The highest BCUT2D eigenvalue weighted by Crippen LogP contribution is 2.37. The number of halogens is 3. The van der Waals surface area contributed by atoms with Crippen molar-refractivity contribution >= 4 is 11.4 Å². The molecule has 0 heterocycles. The lowest BCUT2D eigenvalue weighted by molar-refractivity contribution is -0.385. The molecule has 0 atom stereocenters. The maximum absolute atomic E-state index is 13.1. The van der Waals surface area contributed by atoms with Gasteiger partial charge in [0.2, 0.25) is 0 Å². The zero-order valence-electron chi connectivity index (χ0n) is 12.8. The van der Waals surface area contributed by atoms with E-state index in [1.807, 2.05) is 12.1 Å². The Morgan fingerprint density at radius 2 is 1.83 bits per heavy atom. The molecule has 0 saturated carbocycles. The van der Waals surface area contributed by atoms with Gasteiger partial charge in [0.05, 0.1) is 17.1 Å². The smallest absolute Gasteiger partial charge is 0.380 e. The van der Waals surface area contributed by atoms with Crippen molar-refractivity contribution in [3.8, 4) is 0 Å². The number of rotatable bonds is 6. The molecule has 0 amide bonds. The van der Waals surface area contributed by atoms with E-state index in [-0.39, 0.29) is 12.2 Å². The quantitative estimate of drug-likeness (QED) is 0.626. The average molecular weight is 340 g/mol. The average Bonchev–Trinajstić information content (AvgIpc) is 2.53. The predicted octanol–water partition coefficient (Wildman–Crippen LogP) is 4.37. The number of methoxy groups -OCH3 is 1. The van der Waals surface area contributed by atoms with Crippen LogP contribution in [0, 0.1) is 10.1 Å². The topological polar surface area (TPSA) is 64.4 Å². The van der Waals surface area contributed by atoms with Crippen molar-refractivity contribution in [3.05, 3.63) is 69.3 Å². The van der Waals surface area contributed by atoms with Crippen molar-refractivity contribution in [3.63, 3.8) is 0 Å². The summed E-state index contributed by atoms with van der Waals surface area (Å²) >= 11 is 0. The Balaban J connectivity index is 2.28. The molecule has 0 saturated heterocycles. The number of hydrogen-bond acceptors (Lipinski definition) is 4. The van der Waals surface area contributed by atoms with Crippen molar-refractivity contribution in [2.45, 2.75) is 19.3 Å². The van der Waals surface area contributed by atoms with Crippen LogP contribution in [0.15, 0.2) is 42.5 Å². The van der Waals surface area contributed by atoms with Gasteiger partial charge >= 0.3 is 6.18 Å². The molecule has 2 aromatic carbocycles. The van der Waals surface area contributed by atoms with Gasteiger partial charge in [-0.25, -0.2) is 0 Å². The SMILES string of the molecule is COCc1ccccc1CNc1ccc([N+](=O)[O-])cc1C(F)(F)F. The molecule has 1 N–H and O–H groups in total. The molecule has 8 heteroatoms. The van der Waals surface area contributed by atoms with E-state index in [0.29, 0.717) is 12.7 Å². The lowest BCUT2D eigenvalue weighted by atomic mass is 10.1. The van der Waals surface area contributed by atoms with Gasteiger partial charge in [-0.1, -0.05) is 24.3 Å². The molecule has 0 aliphatic heterocycles. The highest BCUT2D eigenvalue weighted by Gasteiger charge is 2.35. The summed E-state index contributed by atoms with van der Waals surface area (Å²) in [5, 5.41) is 13.4. The van der Waals surface area contributed by atoms with E-state index in [0.717, 1.165) is 23.3 Å². The summed E-state index contributed by atoms with van der Waals surface area (Å²) in [7, 11) is 1.53. The van der Waals surface area contributed by atoms with Crippen LogP contribution in [0.4, 0.5) is 24.5 Å². The third-order valence-electron chi connectivity index (χ3n) is 3.41. The first-order valence-corrected chi connectivity index (χ1v) is 6.98.